The number of hydrogen-bond donors (Lipinski definition) is 0. The minimum Gasteiger partial charge on any atom is -0.469 e. The molecule has 0 aromatic heterocycles. The number of allylic oxidation sites excluding steroid dienone is 3. The van der Waals surface area contributed by atoms with Gasteiger partial charge in [-0.25, -0.2) is 0 Å². The SMILES string of the molecule is COC(=O)CCC/C=C/CCCCCCCCC#C/C=C\Br. The van der Waals surface area contributed by atoms with Crippen molar-refractivity contribution in [3.63, 3.8) is 0 Å². The fourth-order valence-corrected chi connectivity index (χ4v) is 2.18. The highest BCUT2D eigenvalue weighted by Crippen LogP contribution is 2.09. The summed E-state index contributed by atoms with van der Waals surface area (Å²) in [6.07, 6.45) is 18.5. The maximum atomic E-state index is 10.9. The first-order chi connectivity index (χ1) is 10.8. The topological polar surface area (TPSA) is 26.3 Å². The van der Waals surface area contributed by atoms with Gasteiger partial charge in [-0.3, -0.25) is 4.79 Å². The highest BCUT2D eigenvalue weighted by molar-refractivity contribution is 9.11. The molecule has 0 aliphatic heterocycles. The van der Waals surface area contributed by atoms with Crippen molar-refractivity contribution < 1.29 is 9.53 Å². The summed E-state index contributed by atoms with van der Waals surface area (Å²) in [5.74, 6) is 5.99. The zero-order chi connectivity index (χ0) is 16.3. The molecule has 0 N–H and O–H groups in total. The van der Waals surface area contributed by atoms with Crippen LogP contribution in [0.5, 0.6) is 0 Å². The summed E-state index contributed by atoms with van der Waals surface area (Å²) in [5, 5.41) is 0. The third kappa shape index (κ3) is 17.0. The summed E-state index contributed by atoms with van der Waals surface area (Å²) in [6.45, 7) is 0. The van der Waals surface area contributed by atoms with Gasteiger partial charge in [-0.05, 0) is 43.2 Å². The van der Waals surface area contributed by atoms with Gasteiger partial charge in [0.05, 0.1) is 7.11 Å². The molecule has 22 heavy (non-hydrogen) atoms. The normalized spacial score (nSPS) is 10.8. The number of ether oxygens (including phenoxy) is 1. The minimum absolute atomic E-state index is 0.112. The van der Waals surface area contributed by atoms with Gasteiger partial charge in [0, 0.05) is 12.8 Å². The lowest BCUT2D eigenvalue weighted by Gasteiger charge is -1.99. The predicted molar refractivity (Wildman–Crippen MR) is 97.8 cm³/mol. The van der Waals surface area contributed by atoms with E-state index in [1.165, 1.54) is 45.6 Å². The van der Waals surface area contributed by atoms with Crippen molar-refractivity contribution in [2.45, 2.75) is 70.6 Å². The van der Waals surface area contributed by atoms with Crippen molar-refractivity contribution in [2.75, 3.05) is 7.11 Å². The van der Waals surface area contributed by atoms with E-state index in [4.69, 9.17) is 0 Å². The van der Waals surface area contributed by atoms with Crippen LogP contribution in [0, 0.1) is 11.8 Å². The molecule has 0 aliphatic rings. The van der Waals surface area contributed by atoms with Crippen molar-refractivity contribution >= 4 is 21.9 Å². The Morgan fingerprint density at radius 2 is 1.64 bits per heavy atom. The average Bonchev–Trinajstić information content (AvgIpc) is 2.54. The van der Waals surface area contributed by atoms with Crippen molar-refractivity contribution in [1.82, 2.24) is 0 Å². The quantitative estimate of drug-likeness (QED) is 0.185. The lowest BCUT2D eigenvalue weighted by molar-refractivity contribution is -0.140. The smallest absolute Gasteiger partial charge is 0.305 e. The van der Waals surface area contributed by atoms with E-state index >= 15 is 0 Å². The van der Waals surface area contributed by atoms with Crippen molar-refractivity contribution in [2.24, 2.45) is 0 Å². The van der Waals surface area contributed by atoms with Gasteiger partial charge in [-0.15, -0.1) is 0 Å². The van der Waals surface area contributed by atoms with Crippen LogP contribution in [0.25, 0.3) is 0 Å². The Balaban J connectivity index is 3.20. The number of esters is 1. The number of carbonyl (C=O) groups excluding carboxylic acids is 1. The van der Waals surface area contributed by atoms with Gasteiger partial charge in [0.1, 0.15) is 0 Å². The number of halogens is 1. The molecule has 124 valence electrons. The highest BCUT2D eigenvalue weighted by atomic mass is 79.9. The molecule has 0 aromatic rings. The molecule has 0 heterocycles. The zero-order valence-electron chi connectivity index (χ0n) is 13.8. The van der Waals surface area contributed by atoms with Crippen LogP contribution in [0.3, 0.4) is 0 Å². The lowest BCUT2D eigenvalue weighted by Crippen LogP contribution is -1.98. The number of carbonyl (C=O) groups is 1. The van der Waals surface area contributed by atoms with Gasteiger partial charge in [-0.2, -0.15) is 0 Å². The minimum atomic E-state index is -0.112. The molecule has 0 saturated heterocycles. The van der Waals surface area contributed by atoms with Gasteiger partial charge in [0.25, 0.3) is 0 Å². The first-order valence-corrected chi connectivity index (χ1v) is 9.18. The molecular weight excluding hydrogens is 340 g/mol. The molecule has 0 aromatic carbocycles. The number of unbranched alkanes of at least 4 members (excludes halogenated alkanes) is 8. The maximum Gasteiger partial charge on any atom is 0.305 e. The second kappa shape index (κ2) is 18.0. The van der Waals surface area contributed by atoms with Gasteiger partial charge >= 0.3 is 5.97 Å². The fourth-order valence-electron chi connectivity index (χ4n) is 2.05. The molecule has 3 heteroatoms. The van der Waals surface area contributed by atoms with Gasteiger partial charge in [-0.1, -0.05) is 65.6 Å². The summed E-state index contributed by atoms with van der Waals surface area (Å²) in [6, 6.07) is 0. The number of rotatable bonds is 12. The Hall–Kier alpha value is -1.01. The van der Waals surface area contributed by atoms with E-state index in [0.29, 0.717) is 6.42 Å². The van der Waals surface area contributed by atoms with Crippen LogP contribution >= 0.6 is 15.9 Å². The van der Waals surface area contributed by atoms with E-state index in [0.717, 1.165) is 25.7 Å². The van der Waals surface area contributed by atoms with Crippen LogP contribution in [0.2, 0.25) is 0 Å². The monoisotopic (exact) mass is 368 g/mol. The Morgan fingerprint density at radius 1 is 1.00 bits per heavy atom. The third-order valence-electron chi connectivity index (χ3n) is 3.32. The molecule has 0 radical (unpaired) electrons. The zero-order valence-corrected chi connectivity index (χ0v) is 15.4. The van der Waals surface area contributed by atoms with E-state index in [1.54, 1.807) is 4.99 Å². The second-order valence-corrected chi connectivity index (χ2v) is 5.74. The fraction of sp³-hybridized carbons (Fsp3) is 0.632. The van der Waals surface area contributed by atoms with Crippen LogP contribution < -0.4 is 0 Å². The summed E-state index contributed by atoms with van der Waals surface area (Å²) in [5.41, 5.74) is 0. The summed E-state index contributed by atoms with van der Waals surface area (Å²) in [4.78, 5) is 12.7. The molecule has 0 amide bonds. The molecule has 0 atom stereocenters. The van der Waals surface area contributed by atoms with Crippen LogP contribution in [0.4, 0.5) is 0 Å². The molecule has 0 saturated carbocycles. The Labute approximate surface area is 144 Å². The average molecular weight is 369 g/mol. The standard InChI is InChI=1S/C19H29BrO2/c1-22-19(21)17-15-13-11-9-7-5-3-2-4-6-8-10-12-14-16-18-20/h9,11,16,18H,2-8,10,13,15,17H2,1H3/b11-9+,18-16-. The van der Waals surface area contributed by atoms with Crippen molar-refractivity contribution in [3.8, 4) is 11.8 Å². The number of hydrogen-bond acceptors (Lipinski definition) is 2. The summed E-state index contributed by atoms with van der Waals surface area (Å²) < 4.78 is 4.60. The van der Waals surface area contributed by atoms with Crippen LogP contribution in [-0.2, 0) is 9.53 Å². The van der Waals surface area contributed by atoms with E-state index in [-0.39, 0.29) is 5.97 Å². The van der Waals surface area contributed by atoms with Crippen LogP contribution in [0.1, 0.15) is 70.6 Å². The Morgan fingerprint density at radius 3 is 2.32 bits per heavy atom. The van der Waals surface area contributed by atoms with Crippen molar-refractivity contribution in [1.29, 1.82) is 0 Å². The Kier molecular flexibility index (Phi) is 17.2. The molecule has 0 fully saturated rings. The lowest BCUT2D eigenvalue weighted by atomic mass is 10.1. The predicted octanol–water partition coefficient (Wildman–Crippen LogP) is 5.92. The molecule has 0 spiro atoms. The molecule has 2 nitrogen and oxygen atoms in total. The van der Waals surface area contributed by atoms with Crippen molar-refractivity contribution in [3.05, 3.63) is 23.2 Å². The van der Waals surface area contributed by atoms with Gasteiger partial charge in [0.2, 0.25) is 0 Å². The van der Waals surface area contributed by atoms with Gasteiger partial charge < -0.3 is 4.74 Å². The van der Waals surface area contributed by atoms with Crippen LogP contribution in [0.15, 0.2) is 23.2 Å². The first-order valence-electron chi connectivity index (χ1n) is 8.26. The Bertz CT molecular complexity index is 375. The molecule has 0 rings (SSSR count). The second-order valence-electron chi connectivity index (χ2n) is 5.21. The summed E-state index contributed by atoms with van der Waals surface area (Å²) >= 11 is 3.19. The van der Waals surface area contributed by atoms with Gasteiger partial charge in [0.15, 0.2) is 0 Å². The summed E-state index contributed by atoms with van der Waals surface area (Å²) in [7, 11) is 1.44. The molecule has 0 unspecified atom stereocenters. The maximum absolute atomic E-state index is 10.9. The van der Waals surface area contributed by atoms with E-state index in [2.05, 4.69) is 44.7 Å². The van der Waals surface area contributed by atoms with E-state index in [1.807, 2.05) is 6.08 Å². The first kappa shape index (κ1) is 21.0. The highest BCUT2D eigenvalue weighted by Gasteiger charge is 1.96. The molecule has 0 aliphatic carbocycles. The van der Waals surface area contributed by atoms with E-state index in [9.17, 15) is 4.79 Å². The number of methoxy groups -OCH3 is 1. The van der Waals surface area contributed by atoms with Crippen LogP contribution in [-0.4, -0.2) is 13.1 Å². The molecular formula is C19H29BrO2. The third-order valence-corrected chi connectivity index (χ3v) is 3.58. The largest absolute Gasteiger partial charge is 0.469 e. The molecule has 0 bridgehead atoms. The van der Waals surface area contributed by atoms with E-state index < -0.39 is 0 Å².